The van der Waals surface area contributed by atoms with Gasteiger partial charge in [-0.2, -0.15) is 0 Å². The molecular weight excluding hydrogens is 202 g/mol. The van der Waals surface area contributed by atoms with Crippen LogP contribution in [0.1, 0.15) is 13.8 Å². The summed E-state index contributed by atoms with van der Waals surface area (Å²) in [6.45, 7) is 4.42. The number of hydrogen-bond donors (Lipinski definition) is 0. The maximum atomic E-state index is 5.57. The topological polar surface area (TPSA) is 0 Å². The average Bonchev–Trinajstić information content (AvgIpc) is 1.35. The van der Waals surface area contributed by atoms with Gasteiger partial charge in [0, 0.05) is 0 Å². The molecule has 0 spiro atoms. The Morgan fingerprint density at radius 1 is 1.67 bits per heavy atom. The molecule has 0 fully saturated rings. The first-order valence-corrected chi connectivity index (χ1v) is 7.74. The molecule has 0 atom stereocenters. The van der Waals surface area contributed by atoms with Gasteiger partial charge in [-0.1, -0.05) is 0 Å². The Balaban J connectivity index is 2.63. The van der Waals surface area contributed by atoms with Gasteiger partial charge in [0.15, 0.2) is 0 Å². The van der Waals surface area contributed by atoms with E-state index in [2.05, 4.69) is 13.8 Å². The van der Waals surface area contributed by atoms with Crippen molar-refractivity contribution < 1.29 is 0 Å². The molecule has 2 heteroatoms. The molecule has 0 saturated carbocycles. The van der Waals surface area contributed by atoms with Crippen molar-refractivity contribution in [2.24, 2.45) is 5.92 Å². The Morgan fingerprint density at radius 2 is 2.17 bits per heavy atom. The number of rotatable bonds is 2. The van der Waals surface area contributed by atoms with Crippen molar-refractivity contribution in [2.75, 3.05) is 0 Å². The van der Waals surface area contributed by atoms with Gasteiger partial charge in [-0.3, -0.25) is 0 Å². The van der Waals surface area contributed by atoms with Gasteiger partial charge in [-0.05, 0) is 0 Å². The summed E-state index contributed by atoms with van der Waals surface area (Å²) < 4.78 is 1.31. The van der Waals surface area contributed by atoms with Crippen LogP contribution in [0.3, 0.4) is 0 Å². The van der Waals surface area contributed by atoms with Crippen LogP contribution >= 0.6 is 8.92 Å². The molecule has 0 amide bonds. The van der Waals surface area contributed by atoms with E-state index in [4.69, 9.17) is 8.92 Å². The van der Waals surface area contributed by atoms with Crippen molar-refractivity contribution >= 4 is 28.9 Å². The van der Waals surface area contributed by atoms with Crippen molar-refractivity contribution in [2.45, 2.75) is 18.3 Å². The zero-order chi connectivity index (χ0) is 4.99. The minimum atomic E-state index is -0.377. The van der Waals surface area contributed by atoms with E-state index in [0.717, 1.165) is 5.92 Å². The van der Waals surface area contributed by atoms with Gasteiger partial charge in [0.05, 0.1) is 0 Å². The number of hydrogen-bond acceptors (Lipinski definition) is 0. The van der Waals surface area contributed by atoms with E-state index in [-0.39, 0.29) is 20.0 Å². The van der Waals surface area contributed by atoms with E-state index in [9.17, 15) is 0 Å². The summed E-state index contributed by atoms with van der Waals surface area (Å²) in [5, 5.41) is 0. The molecule has 36 valence electrons. The Bertz CT molecular complexity index is 28.7. The number of halogens is 1. The second kappa shape index (κ2) is 4.25. The first-order chi connectivity index (χ1) is 2.77. The van der Waals surface area contributed by atoms with E-state index in [1.54, 1.807) is 0 Å². The van der Waals surface area contributed by atoms with Crippen LogP contribution < -0.4 is 0 Å². The quantitative estimate of drug-likeness (QED) is 0.612. The first kappa shape index (κ1) is 7.09. The fourth-order valence-corrected chi connectivity index (χ4v) is 3.11. The van der Waals surface area contributed by atoms with Gasteiger partial charge in [0.25, 0.3) is 0 Å². The standard InChI is InChI=1S/C4H9.ClH.Sn/c1-4(2)3;;/h4H,1H2,2-3H3;1H;/q;;+1/p-1. The Labute approximate surface area is 53.2 Å². The SMILES string of the molecule is CC(C)[CH2][Sn][Cl]. The molecule has 0 aliphatic heterocycles. The second-order valence-corrected chi connectivity index (χ2v) is 5.45. The molecule has 0 N–H and O–H groups in total. The van der Waals surface area contributed by atoms with Crippen LogP contribution in [0.4, 0.5) is 0 Å². The Morgan fingerprint density at radius 3 is 2.17 bits per heavy atom. The zero-order valence-electron chi connectivity index (χ0n) is 4.16. The summed E-state index contributed by atoms with van der Waals surface area (Å²) in [6.07, 6.45) is 0. The van der Waals surface area contributed by atoms with Crippen LogP contribution in [-0.4, -0.2) is 20.0 Å². The van der Waals surface area contributed by atoms with Crippen molar-refractivity contribution in [3.8, 4) is 0 Å². The molecule has 0 saturated heterocycles. The van der Waals surface area contributed by atoms with Crippen molar-refractivity contribution in [3.63, 3.8) is 0 Å². The molecule has 0 rings (SSSR count). The Kier molecular flexibility index (Phi) is 5.02. The maximum absolute atomic E-state index is 5.57. The molecule has 2 radical (unpaired) electrons. The normalized spacial score (nSPS) is 10.0. The molecular formula is C4H9ClSn. The van der Waals surface area contributed by atoms with Gasteiger partial charge in [-0.15, -0.1) is 0 Å². The summed E-state index contributed by atoms with van der Waals surface area (Å²) in [4.78, 5) is 0. The van der Waals surface area contributed by atoms with Crippen LogP contribution in [0.15, 0.2) is 0 Å². The molecule has 0 nitrogen and oxygen atoms in total. The third kappa shape index (κ3) is 5.09. The van der Waals surface area contributed by atoms with Crippen LogP contribution in [0, 0.1) is 5.92 Å². The van der Waals surface area contributed by atoms with Crippen LogP contribution in [-0.2, 0) is 0 Å². The molecule has 0 aromatic heterocycles. The zero-order valence-corrected chi connectivity index (χ0v) is 7.77. The summed E-state index contributed by atoms with van der Waals surface area (Å²) >= 11 is -0.377. The fraction of sp³-hybridized carbons (Fsp3) is 1.00. The minimum absolute atomic E-state index is 0.377. The van der Waals surface area contributed by atoms with Gasteiger partial charge in [-0.25, -0.2) is 0 Å². The van der Waals surface area contributed by atoms with Gasteiger partial charge in [0.1, 0.15) is 0 Å². The van der Waals surface area contributed by atoms with Gasteiger partial charge < -0.3 is 0 Å². The molecule has 6 heavy (non-hydrogen) atoms. The monoisotopic (exact) mass is 212 g/mol. The predicted molar refractivity (Wildman–Crippen MR) is 31.3 cm³/mol. The third-order valence-electron chi connectivity index (χ3n) is 0.485. The third-order valence-corrected chi connectivity index (χ3v) is 4.29. The summed E-state index contributed by atoms with van der Waals surface area (Å²) in [5.74, 6) is 0.842. The van der Waals surface area contributed by atoms with Crippen molar-refractivity contribution in [1.29, 1.82) is 0 Å². The van der Waals surface area contributed by atoms with E-state index in [0.29, 0.717) is 0 Å². The molecule has 0 heterocycles. The van der Waals surface area contributed by atoms with Crippen molar-refractivity contribution in [3.05, 3.63) is 0 Å². The first-order valence-electron chi connectivity index (χ1n) is 2.11. The van der Waals surface area contributed by atoms with E-state index >= 15 is 0 Å². The van der Waals surface area contributed by atoms with Crippen LogP contribution in [0.25, 0.3) is 0 Å². The molecule has 0 aromatic carbocycles. The van der Waals surface area contributed by atoms with E-state index < -0.39 is 0 Å². The predicted octanol–water partition coefficient (Wildman–Crippen LogP) is 1.92. The molecule has 0 aliphatic rings. The molecule has 0 aliphatic carbocycles. The molecule has 0 unspecified atom stereocenters. The molecule has 0 bridgehead atoms. The van der Waals surface area contributed by atoms with E-state index in [1.165, 1.54) is 4.44 Å². The summed E-state index contributed by atoms with van der Waals surface area (Å²) in [6, 6.07) is 0. The van der Waals surface area contributed by atoms with Gasteiger partial charge in [0.2, 0.25) is 0 Å². The summed E-state index contributed by atoms with van der Waals surface area (Å²) in [5.41, 5.74) is 0. The van der Waals surface area contributed by atoms with Crippen molar-refractivity contribution in [1.82, 2.24) is 0 Å². The average molecular weight is 211 g/mol. The molecule has 0 aromatic rings. The van der Waals surface area contributed by atoms with E-state index in [1.807, 2.05) is 0 Å². The van der Waals surface area contributed by atoms with Crippen LogP contribution in [0.5, 0.6) is 0 Å². The fourth-order valence-electron chi connectivity index (χ4n) is 0.154. The Hall–Kier alpha value is 1.09. The van der Waals surface area contributed by atoms with Crippen LogP contribution in [0.2, 0.25) is 4.44 Å². The van der Waals surface area contributed by atoms with Gasteiger partial charge >= 0.3 is 53.1 Å². The second-order valence-electron chi connectivity index (χ2n) is 1.73. The summed E-state index contributed by atoms with van der Waals surface area (Å²) in [7, 11) is 5.57.